The zero-order valence-corrected chi connectivity index (χ0v) is 25.2. The smallest absolute Gasteiger partial charge is 0.274 e. The predicted molar refractivity (Wildman–Crippen MR) is 163 cm³/mol. The van der Waals surface area contributed by atoms with Crippen LogP contribution in [0.4, 0.5) is 0 Å². The van der Waals surface area contributed by atoms with Crippen LogP contribution in [0.25, 0.3) is 0 Å². The summed E-state index contributed by atoms with van der Waals surface area (Å²) in [6.45, 7) is 1.88. The summed E-state index contributed by atoms with van der Waals surface area (Å²) >= 11 is 0. The minimum Gasteiger partial charge on any atom is -0.359 e. The fraction of sp³-hybridized carbons (Fsp3) is 0.394. The van der Waals surface area contributed by atoms with Gasteiger partial charge in [-0.3, -0.25) is 24.0 Å². The molecule has 5 amide bonds. The normalized spacial score (nSPS) is 22.2. The van der Waals surface area contributed by atoms with Crippen molar-refractivity contribution in [1.29, 1.82) is 0 Å². The molecule has 3 atom stereocenters. The van der Waals surface area contributed by atoms with Crippen LogP contribution in [0.3, 0.4) is 0 Å². The highest BCUT2D eigenvalue weighted by molar-refractivity contribution is 5.97. The zero-order chi connectivity index (χ0) is 31.8. The predicted octanol–water partition coefficient (Wildman–Crippen LogP) is 1.51. The number of carbonyl (C=O) groups is 5. The minimum atomic E-state index is -1.04. The molecule has 2 aliphatic rings. The highest BCUT2D eigenvalue weighted by Gasteiger charge is 2.32. The van der Waals surface area contributed by atoms with Gasteiger partial charge in [0, 0.05) is 37.9 Å². The van der Waals surface area contributed by atoms with Gasteiger partial charge >= 0.3 is 0 Å². The van der Waals surface area contributed by atoms with E-state index in [1.807, 2.05) is 60.7 Å². The number of amides is 5. The van der Waals surface area contributed by atoms with Gasteiger partial charge in [0.15, 0.2) is 11.5 Å². The monoisotopic (exact) mass is 614 g/mol. The molecular weight excluding hydrogens is 576 g/mol. The minimum absolute atomic E-state index is 0.0440. The van der Waals surface area contributed by atoms with Crippen molar-refractivity contribution in [3.63, 3.8) is 0 Å². The molecule has 1 aliphatic heterocycles. The Labute approximate surface area is 261 Å². The van der Waals surface area contributed by atoms with Crippen LogP contribution >= 0.6 is 0 Å². The number of hydrogen-bond acceptors (Lipinski definition) is 7. The van der Waals surface area contributed by atoms with E-state index in [1.54, 1.807) is 4.90 Å². The highest BCUT2D eigenvalue weighted by Crippen LogP contribution is 2.28. The van der Waals surface area contributed by atoms with Crippen molar-refractivity contribution in [2.75, 3.05) is 13.1 Å². The Hall–Kier alpha value is -5.00. The average molecular weight is 615 g/mol. The molecule has 2 aromatic carbocycles. The third kappa shape index (κ3) is 8.34. The summed E-state index contributed by atoms with van der Waals surface area (Å²) in [6, 6.07) is 16.9. The third-order valence-electron chi connectivity index (χ3n) is 8.16. The van der Waals surface area contributed by atoms with Crippen LogP contribution in [0.2, 0.25) is 0 Å². The maximum atomic E-state index is 13.7. The lowest BCUT2D eigenvalue weighted by molar-refractivity contribution is -0.139. The van der Waals surface area contributed by atoms with Gasteiger partial charge in [-0.05, 0) is 30.9 Å². The number of aromatic nitrogens is 1. The van der Waals surface area contributed by atoms with Crippen molar-refractivity contribution in [3.8, 4) is 0 Å². The number of carbonyl (C=O) groups excluding carboxylic acids is 5. The summed E-state index contributed by atoms with van der Waals surface area (Å²) in [4.78, 5) is 68.3. The molecule has 0 saturated heterocycles. The molecule has 2 bridgehead atoms. The molecule has 0 spiro atoms. The van der Waals surface area contributed by atoms with Crippen LogP contribution in [-0.4, -0.2) is 70.8 Å². The van der Waals surface area contributed by atoms with Crippen molar-refractivity contribution in [1.82, 2.24) is 31.3 Å². The average Bonchev–Trinajstić information content (AvgIpc) is 3.48. The number of nitrogens with one attached hydrogen (secondary N) is 4. The molecule has 0 unspecified atom stereocenters. The first kappa shape index (κ1) is 31.4. The Morgan fingerprint density at radius 3 is 2.04 bits per heavy atom. The van der Waals surface area contributed by atoms with Crippen LogP contribution in [0.5, 0.6) is 0 Å². The molecule has 45 heavy (non-hydrogen) atoms. The Morgan fingerprint density at radius 1 is 0.844 bits per heavy atom. The molecule has 1 aliphatic carbocycles. The second-order valence-electron chi connectivity index (χ2n) is 11.6. The van der Waals surface area contributed by atoms with E-state index >= 15 is 0 Å². The summed E-state index contributed by atoms with van der Waals surface area (Å²) in [5.41, 5.74) is 1.59. The van der Waals surface area contributed by atoms with Gasteiger partial charge in [0.25, 0.3) is 5.91 Å². The second-order valence-corrected chi connectivity index (χ2v) is 11.6. The van der Waals surface area contributed by atoms with Gasteiger partial charge in [0.2, 0.25) is 23.6 Å². The lowest BCUT2D eigenvalue weighted by Crippen LogP contribution is -2.57. The molecule has 12 heteroatoms. The van der Waals surface area contributed by atoms with Crippen LogP contribution in [0.1, 0.15) is 53.6 Å². The van der Waals surface area contributed by atoms with E-state index in [0.29, 0.717) is 5.76 Å². The first-order chi connectivity index (χ1) is 21.8. The van der Waals surface area contributed by atoms with Crippen LogP contribution in [0, 0.1) is 5.92 Å². The lowest BCUT2D eigenvalue weighted by Gasteiger charge is -2.31. The van der Waals surface area contributed by atoms with E-state index in [2.05, 4.69) is 26.4 Å². The summed E-state index contributed by atoms with van der Waals surface area (Å²) in [7, 11) is 0. The maximum absolute atomic E-state index is 13.7. The summed E-state index contributed by atoms with van der Waals surface area (Å²) in [6.07, 6.45) is 2.93. The van der Waals surface area contributed by atoms with Crippen LogP contribution in [0.15, 0.2) is 71.3 Å². The number of nitrogens with zero attached hydrogens (tertiary/aromatic N) is 2. The van der Waals surface area contributed by atoms with Gasteiger partial charge in [0.1, 0.15) is 18.1 Å². The molecule has 0 radical (unpaired) electrons. The van der Waals surface area contributed by atoms with E-state index in [0.717, 1.165) is 30.4 Å². The Balaban J connectivity index is 1.43. The molecule has 2 heterocycles. The van der Waals surface area contributed by atoms with E-state index in [-0.39, 0.29) is 50.0 Å². The zero-order valence-electron chi connectivity index (χ0n) is 25.2. The number of fused-ring (bicyclic) bond motifs is 2. The van der Waals surface area contributed by atoms with Crippen molar-refractivity contribution in [2.45, 2.75) is 63.7 Å². The molecule has 5 rings (SSSR count). The molecule has 4 N–H and O–H groups in total. The molecule has 1 saturated carbocycles. The van der Waals surface area contributed by atoms with Crippen molar-refractivity contribution >= 4 is 29.5 Å². The molecular formula is C33H38N6O6. The van der Waals surface area contributed by atoms with Crippen molar-refractivity contribution in [3.05, 3.63) is 89.3 Å². The van der Waals surface area contributed by atoms with Gasteiger partial charge in [-0.1, -0.05) is 72.2 Å². The van der Waals surface area contributed by atoms with E-state index < -0.39 is 41.8 Å². The highest BCUT2D eigenvalue weighted by atomic mass is 16.5. The van der Waals surface area contributed by atoms with Crippen LogP contribution in [-0.2, 0) is 38.6 Å². The number of hydrogen-bond donors (Lipinski definition) is 4. The Morgan fingerprint density at radius 2 is 1.44 bits per heavy atom. The van der Waals surface area contributed by atoms with Gasteiger partial charge in [-0.15, -0.1) is 0 Å². The number of benzene rings is 2. The van der Waals surface area contributed by atoms with Crippen molar-refractivity contribution < 1.29 is 28.5 Å². The van der Waals surface area contributed by atoms with E-state index in [4.69, 9.17) is 4.52 Å². The molecule has 1 fully saturated rings. The largest absolute Gasteiger partial charge is 0.359 e. The first-order valence-corrected chi connectivity index (χ1v) is 15.3. The molecule has 236 valence electrons. The Bertz CT molecular complexity index is 1510. The van der Waals surface area contributed by atoms with Crippen LogP contribution < -0.4 is 21.3 Å². The molecule has 1 aromatic heterocycles. The summed E-state index contributed by atoms with van der Waals surface area (Å²) in [5, 5.41) is 14.9. The fourth-order valence-electron chi connectivity index (χ4n) is 5.32. The third-order valence-corrected chi connectivity index (χ3v) is 8.16. The Kier molecular flexibility index (Phi) is 10.2. The van der Waals surface area contributed by atoms with E-state index in [9.17, 15) is 24.0 Å². The van der Waals surface area contributed by atoms with Gasteiger partial charge in [-0.2, -0.15) is 0 Å². The summed E-state index contributed by atoms with van der Waals surface area (Å²) in [5.74, 6) is -2.06. The molecule has 12 nitrogen and oxygen atoms in total. The standard InChI is InChI=1S/C33H38N6O6/c1-21-29(40)36-27(18-23-11-6-3-7-12-23)31(42)37-26(17-22-9-4-2-5-10-22)30(41)34-15-16-39(33(44)24-13-8-14-24)20-25-19-28(38-45-25)32(43)35-21/h2-7,9-12,19,21,24,26-27H,8,13-18,20H2,1H3,(H,34,41)(H,35,43)(H,36,40)(H,37,42)/t21-,26+,27-/m0/s1. The SMILES string of the molecule is C[C@@H]1NC(=O)c2cc(on2)CN(C(=O)C2CCC2)CCNC(=O)[C@@H](Cc2ccccc2)NC(=O)[C@H](Cc2ccccc2)NC1=O. The van der Waals surface area contributed by atoms with Gasteiger partial charge < -0.3 is 30.7 Å². The second kappa shape index (κ2) is 14.7. The summed E-state index contributed by atoms with van der Waals surface area (Å²) < 4.78 is 5.38. The fourth-order valence-corrected chi connectivity index (χ4v) is 5.32. The first-order valence-electron chi connectivity index (χ1n) is 15.3. The quantitative estimate of drug-likeness (QED) is 0.339. The van der Waals surface area contributed by atoms with Gasteiger partial charge in [-0.25, -0.2) is 0 Å². The van der Waals surface area contributed by atoms with Gasteiger partial charge in [0.05, 0.1) is 6.54 Å². The maximum Gasteiger partial charge on any atom is 0.274 e. The lowest BCUT2D eigenvalue weighted by atomic mass is 9.84. The number of rotatable bonds is 5. The van der Waals surface area contributed by atoms with E-state index in [1.165, 1.54) is 13.0 Å². The molecule has 3 aromatic rings. The van der Waals surface area contributed by atoms with Crippen molar-refractivity contribution in [2.24, 2.45) is 5.92 Å². The topological polar surface area (TPSA) is 163 Å².